The van der Waals surface area contributed by atoms with Crippen LogP contribution in [0.1, 0.15) is 40.0 Å². The average Bonchev–Trinajstić information content (AvgIpc) is 1.56. The molecular formula is C75H93BrClFN30O6. The second kappa shape index (κ2) is 36.2. The molecule has 114 heavy (non-hydrogen) atoms. The minimum atomic E-state index is -0.585. The second-order valence-electron chi connectivity index (χ2n) is 27.8. The zero-order chi connectivity index (χ0) is 80.4. The van der Waals surface area contributed by atoms with Crippen LogP contribution < -0.4 is 46.1 Å². The van der Waals surface area contributed by atoms with Crippen molar-refractivity contribution in [3.63, 3.8) is 0 Å². The van der Waals surface area contributed by atoms with Gasteiger partial charge in [-0.15, -0.1) is 15.3 Å². The summed E-state index contributed by atoms with van der Waals surface area (Å²) in [6.07, 6.45) is 22.0. The maximum atomic E-state index is 14.9. The topological polar surface area (TPSA) is 387 Å². The number of nitrogens with zero attached hydrogens (tertiary/aromatic N) is 21. The Morgan fingerprint density at radius 2 is 0.781 bits per heavy atom. The molecule has 12 aromatic rings. The van der Waals surface area contributed by atoms with Crippen LogP contribution >= 0.6 is 27.5 Å². The fraction of sp³-hybridized carbons (Fsp3) is 0.400. The highest BCUT2D eigenvalue weighted by Crippen LogP contribution is 2.39. The third kappa shape index (κ3) is 18.1. The zero-order valence-corrected chi connectivity index (χ0v) is 67.8. The van der Waals surface area contributed by atoms with Crippen LogP contribution in [0.15, 0.2) is 97.0 Å². The Hall–Kier alpha value is -11.4. The molecule has 0 aliphatic carbocycles. The molecule has 3 aliphatic rings. The number of amides is 3. The molecule has 0 spiro atoms. The van der Waals surface area contributed by atoms with E-state index in [1.165, 1.54) is 7.11 Å². The highest BCUT2D eigenvalue weighted by molar-refractivity contribution is 9.10. The summed E-state index contributed by atoms with van der Waals surface area (Å²) < 4.78 is 36.4. The predicted molar refractivity (Wildman–Crippen MR) is 438 cm³/mol. The van der Waals surface area contributed by atoms with E-state index in [2.05, 4.69) is 168 Å². The van der Waals surface area contributed by atoms with Crippen molar-refractivity contribution in [2.75, 3.05) is 153 Å². The molecule has 0 aromatic carbocycles. The lowest BCUT2D eigenvalue weighted by molar-refractivity contribution is -0.122. The maximum Gasteiger partial charge on any atom is 0.256 e. The third-order valence-corrected chi connectivity index (χ3v) is 21.1. The Kier molecular flexibility index (Phi) is 25.6. The van der Waals surface area contributed by atoms with Crippen molar-refractivity contribution in [2.45, 2.75) is 58.2 Å². The van der Waals surface area contributed by atoms with Crippen LogP contribution in [0.2, 0.25) is 5.02 Å². The number of aromatic amines is 3. The van der Waals surface area contributed by atoms with Gasteiger partial charge in [0, 0.05) is 176 Å². The molecule has 36 nitrogen and oxygen atoms in total. The summed E-state index contributed by atoms with van der Waals surface area (Å²) in [5.74, 6) is 2.69. The molecule has 39 heteroatoms. The van der Waals surface area contributed by atoms with Gasteiger partial charge < -0.3 is 75.8 Å². The molecule has 9 N–H and O–H groups in total. The van der Waals surface area contributed by atoms with E-state index >= 15 is 0 Å². The molecule has 3 atom stereocenters. The molecule has 15 heterocycles. The third-order valence-electron chi connectivity index (χ3n) is 20.2. The maximum absolute atomic E-state index is 14.9. The SMILES string of the molecule is CCC(C(=O)Nc1nccc2c(-c3nc(Nc4cn(C)nc4OC)ncc3Br)c[nH]c12)N1CCN(C)CC1.CCC(C(=O)Nc1nccc2c(-c3nc(Nc4cn(C)nc4OC)ncc3Cl)c[nH]c12)N1CCN(C)CC1.CCC(C(=O)Nc1nccc2c(-c3nc(Nc4cn(C)nc4OC)ncc3F)c[nH]c12)N1CCN(C)CC1. The lowest BCUT2D eigenvalue weighted by atomic mass is 10.1. The summed E-state index contributed by atoms with van der Waals surface area (Å²) in [6, 6.07) is 4.85. The van der Waals surface area contributed by atoms with Crippen molar-refractivity contribution < 1.29 is 33.0 Å². The van der Waals surface area contributed by atoms with E-state index < -0.39 is 5.82 Å². The van der Waals surface area contributed by atoms with Crippen molar-refractivity contribution in [3.8, 4) is 51.4 Å². The summed E-state index contributed by atoms with van der Waals surface area (Å²) in [7, 11) is 16.3. The van der Waals surface area contributed by atoms with Gasteiger partial charge in [0.1, 0.15) is 22.8 Å². The summed E-state index contributed by atoms with van der Waals surface area (Å²) in [5, 5.41) is 33.9. The lowest BCUT2D eigenvalue weighted by Gasteiger charge is -2.36. The zero-order valence-electron chi connectivity index (χ0n) is 65.5. The number of ether oxygens (including phenoxy) is 3. The normalized spacial score (nSPS) is 15.5. The van der Waals surface area contributed by atoms with Crippen molar-refractivity contribution in [3.05, 3.63) is 108 Å². The molecule has 0 bridgehead atoms. The highest BCUT2D eigenvalue weighted by Gasteiger charge is 2.32. The molecule has 3 amide bonds. The van der Waals surface area contributed by atoms with E-state index in [0.717, 1.165) is 129 Å². The van der Waals surface area contributed by atoms with Crippen LogP contribution in [-0.4, -0.2) is 275 Å². The van der Waals surface area contributed by atoms with Crippen LogP contribution in [0.25, 0.3) is 66.5 Å². The highest BCUT2D eigenvalue weighted by atomic mass is 79.9. The number of rotatable bonds is 24. The van der Waals surface area contributed by atoms with Crippen LogP contribution in [0, 0.1) is 5.82 Å². The Morgan fingerprint density at radius 1 is 0.465 bits per heavy atom. The van der Waals surface area contributed by atoms with Crippen molar-refractivity contribution in [1.29, 1.82) is 0 Å². The van der Waals surface area contributed by atoms with Gasteiger partial charge in [-0.2, -0.15) is 0 Å². The summed E-state index contributed by atoms with van der Waals surface area (Å²) >= 11 is 10.1. The van der Waals surface area contributed by atoms with Crippen molar-refractivity contribution in [2.24, 2.45) is 21.1 Å². The number of piperazine rings is 3. The Balaban J connectivity index is 0.000000149. The monoisotopic (exact) mass is 1640 g/mol. The van der Waals surface area contributed by atoms with Gasteiger partial charge in [-0.25, -0.2) is 49.2 Å². The molecule has 3 fully saturated rings. The number of aromatic nitrogens is 18. The number of nitrogens with one attached hydrogen (secondary N) is 9. The van der Waals surface area contributed by atoms with E-state index in [1.807, 2.05) is 52.3 Å². The van der Waals surface area contributed by atoms with Crippen LogP contribution in [-0.2, 0) is 35.5 Å². The van der Waals surface area contributed by atoms with E-state index in [1.54, 1.807) is 104 Å². The smallest absolute Gasteiger partial charge is 0.256 e. The first-order valence-electron chi connectivity index (χ1n) is 37.3. The lowest BCUT2D eigenvalue weighted by Crippen LogP contribution is -2.52. The van der Waals surface area contributed by atoms with Crippen LogP contribution in [0.4, 0.5) is 56.8 Å². The summed E-state index contributed by atoms with van der Waals surface area (Å²) in [5.41, 5.74) is 7.29. The minimum Gasteiger partial charge on any atom is -0.478 e. The predicted octanol–water partition coefficient (Wildman–Crippen LogP) is 8.97. The number of H-pyrrole nitrogens is 3. The van der Waals surface area contributed by atoms with Gasteiger partial charge in [0.15, 0.2) is 23.3 Å². The molecule has 3 saturated heterocycles. The number of aryl methyl sites for hydroxylation is 3. The van der Waals surface area contributed by atoms with E-state index in [4.69, 9.17) is 30.8 Å². The Morgan fingerprint density at radius 3 is 1.13 bits per heavy atom. The Labute approximate surface area is 669 Å². The number of fused-ring (bicyclic) bond motifs is 3. The second-order valence-corrected chi connectivity index (χ2v) is 29.1. The summed E-state index contributed by atoms with van der Waals surface area (Å²) in [6.45, 7) is 16.9. The Bertz CT molecular complexity index is 4850. The van der Waals surface area contributed by atoms with Gasteiger partial charge in [-0.05, 0) is 74.5 Å². The summed E-state index contributed by atoms with van der Waals surface area (Å²) in [4.78, 5) is 103. The van der Waals surface area contributed by atoms with Crippen molar-refractivity contribution >= 4 is 130 Å². The number of halogens is 3. The van der Waals surface area contributed by atoms with E-state index in [-0.39, 0.29) is 47.5 Å². The number of carbonyl (C=O) groups is 3. The van der Waals surface area contributed by atoms with Crippen molar-refractivity contribution in [1.82, 2.24) is 119 Å². The standard InChI is InChI=1S/C25H31BrN10O2.C25H31ClN10O2.C25H31FN10O2/c3*1-5-19(36-10-8-34(2)9-11-36)23(37)32-22-21-15(6-7-27-22)16(12-28-21)20-17(26)13-29-25(31-20)30-18-14-35(3)33-24(18)38-4/h3*6-7,12-14,19,28H,5,8-11H2,1-4H3,(H,27,32,37)(H,29,30,31). The molecule has 0 radical (unpaired) electrons. The largest absolute Gasteiger partial charge is 0.478 e. The van der Waals surface area contributed by atoms with E-state index in [0.29, 0.717) is 109 Å². The van der Waals surface area contributed by atoms with Crippen LogP contribution in [0.5, 0.6) is 17.6 Å². The number of hydrogen-bond donors (Lipinski definition) is 9. The number of pyridine rings is 3. The number of hydrogen-bond acceptors (Lipinski definition) is 27. The van der Waals surface area contributed by atoms with Gasteiger partial charge in [0.05, 0.1) is 108 Å². The average molecular weight is 1650 g/mol. The van der Waals surface area contributed by atoms with Gasteiger partial charge >= 0.3 is 0 Å². The molecule has 12 aromatic heterocycles. The van der Waals surface area contributed by atoms with Gasteiger partial charge in [-0.3, -0.25) is 43.1 Å². The molecular weight excluding hydrogens is 1550 g/mol. The number of anilines is 9. The molecule has 600 valence electrons. The number of methoxy groups -OCH3 is 3. The fourth-order valence-corrected chi connectivity index (χ4v) is 14.8. The molecule has 3 unspecified atom stereocenters. The van der Waals surface area contributed by atoms with Crippen LogP contribution in [0.3, 0.4) is 0 Å². The van der Waals surface area contributed by atoms with Gasteiger partial charge in [-0.1, -0.05) is 32.4 Å². The fourth-order valence-electron chi connectivity index (χ4n) is 14.2. The first kappa shape index (κ1) is 80.7. The number of carbonyl (C=O) groups excluding carboxylic acids is 3. The quantitative estimate of drug-likeness (QED) is 0.0272. The first-order valence-corrected chi connectivity index (χ1v) is 38.5. The molecule has 0 saturated carbocycles. The van der Waals surface area contributed by atoms with Gasteiger partial charge in [0.2, 0.25) is 35.6 Å². The minimum absolute atomic E-state index is 0.0478. The van der Waals surface area contributed by atoms with Gasteiger partial charge in [0.25, 0.3) is 17.6 Å². The molecule has 15 rings (SSSR count). The first-order chi connectivity index (χ1) is 55.1. The molecule has 3 aliphatic heterocycles. The number of likely N-dealkylation sites (N-methyl/N-ethyl adjacent to an activating group) is 3. The van der Waals surface area contributed by atoms with E-state index in [9.17, 15) is 18.8 Å².